The molecular weight excluding hydrogens is 238 g/mol. The summed E-state index contributed by atoms with van der Waals surface area (Å²) in [6.07, 6.45) is 5.60. The third-order valence-electron chi connectivity index (χ3n) is 4.56. The summed E-state index contributed by atoms with van der Waals surface area (Å²) in [7, 11) is 0. The van der Waals surface area contributed by atoms with Crippen LogP contribution in [0.2, 0.25) is 0 Å². The summed E-state index contributed by atoms with van der Waals surface area (Å²) in [6.45, 7) is 6.87. The van der Waals surface area contributed by atoms with E-state index in [1.54, 1.807) is 0 Å². The van der Waals surface area contributed by atoms with Crippen LogP contribution in [-0.4, -0.2) is 38.8 Å². The van der Waals surface area contributed by atoms with Gasteiger partial charge < -0.3 is 10.6 Å². The predicted molar refractivity (Wildman–Crippen MR) is 74.9 cm³/mol. The van der Waals surface area contributed by atoms with Crippen LogP contribution in [0.5, 0.6) is 0 Å². The van der Waals surface area contributed by atoms with Gasteiger partial charge in [-0.3, -0.25) is 0 Å². The van der Waals surface area contributed by atoms with Crippen LogP contribution in [-0.2, 0) is 6.42 Å². The van der Waals surface area contributed by atoms with E-state index >= 15 is 0 Å². The van der Waals surface area contributed by atoms with Crippen molar-refractivity contribution in [2.24, 2.45) is 5.73 Å². The van der Waals surface area contributed by atoms with Gasteiger partial charge in [0.25, 0.3) is 0 Å². The second-order valence-electron chi connectivity index (χ2n) is 6.19. The van der Waals surface area contributed by atoms with E-state index in [0.717, 1.165) is 44.0 Å². The van der Waals surface area contributed by atoms with Crippen molar-refractivity contribution in [3.05, 3.63) is 11.6 Å². The zero-order valence-corrected chi connectivity index (χ0v) is 12.0. The molecule has 19 heavy (non-hydrogen) atoms. The van der Waals surface area contributed by atoms with Gasteiger partial charge in [-0.1, -0.05) is 0 Å². The Kier molecular flexibility index (Phi) is 3.58. The van der Waals surface area contributed by atoms with Gasteiger partial charge in [0.15, 0.2) is 5.82 Å². The first-order valence-corrected chi connectivity index (χ1v) is 7.60. The Labute approximate surface area is 115 Å². The van der Waals surface area contributed by atoms with Crippen LogP contribution >= 0.6 is 0 Å². The molecule has 0 amide bonds. The minimum Gasteiger partial charge on any atom is -0.310 e. The lowest BCUT2D eigenvalue weighted by atomic mass is 9.95. The normalized spacial score (nSPS) is 25.8. The highest BCUT2D eigenvalue weighted by molar-refractivity contribution is 5.04. The second kappa shape index (κ2) is 5.21. The van der Waals surface area contributed by atoms with Gasteiger partial charge in [0.1, 0.15) is 12.0 Å². The molecule has 106 valence electrons. The van der Waals surface area contributed by atoms with Gasteiger partial charge >= 0.3 is 0 Å². The number of nitrogens with zero attached hydrogens (tertiary/aromatic N) is 4. The number of likely N-dealkylation sites (tertiary alicyclic amines) is 1. The first-order chi connectivity index (χ1) is 9.15. The molecule has 3 heterocycles. The summed E-state index contributed by atoms with van der Waals surface area (Å²) >= 11 is 0. The summed E-state index contributed by atoms with van der Waals surface area (Å²) in [4.78, 5) is 7.29. The molecule has 5 heteroatoms. The number of hydrogen-bond acceptors (Lipinski definition) is 4. The molecule has 1 aromatic rings. The van der Waals surface area contributed by atoms with Crippen molar-refractivity contribution in [2.75, 3.05) is 13.1 Å². The molecular formula is C14H25N5. The SMILES string of the molecule is CC(C)N1CCC(c2nc3n(n2)C(N)CCC3)CC1. The Balaban J connectivity index is 1.70. The summed E-state index contributed by atoms with van der Waals surface area (Å²) in [5, 5.41) is 4.69. The van der Waals surface area contributed by atoms with E-state index in [0.29, 0.717) is 12.0 Å². The lowest BCUT2D eigenvalue weighted by Gasteiger charge is -2.33. The standard InChI is InChI=1S/C14H25N5/c1-10(2)18-8-6-11(7-9-18)14-16-13-5-3-4-12(15)19(13)17-14/h10-12H,3-9,15H2,1-2H3. The summed E-state index contributed by atoms with van der Waals surface area (Å²) in [5.41, 5.74) is 6.10. The smallest absolute Gasteiger partial charge is 0.154 e. The van der Waals surface area contributed by atoms with Crippen molar-refractivity contribution in [1.29, 1.82) is 0 Å². The van der Waals surface area contributed by atoms with Crippen LogP contribution in [0, 0.1) is 0 Å². The number of aromatic nitrogens is 3. The summed E-state index contributed by atoms with van der Waals surface area (Å²) in [6, 6.07) is 0.650. The van der Waals surface area contributed by atoms with Gasteiger partial charge in [-0.15, -0.1) is 0 Å². The number of hydrogen-bond donors (Lipinski definition) is 1. The largest absolute Gasteiger partial charge is 0.310 e. The van der Waals surface area contributed by atoms with Gasteiger partial charge in [0.05, 0.1) is 0 Å². The van der Waals surface area contributed by atoms with Gasteiger partial charge in [0, 0.05) is 18.4 Å². The average Bonchev–Trinajstić information content (AvgIpc) is 2.84. The molecule has 0 radical (unpaired) electrons. The third kappa shape index (κ3) is 2.54. The van der Waals surface area contributed by atoms with Crippen LogP contribution in [0.25, 0.3) is 0 Å². The maximum Gasteiger partial charge on any atom is 0.154 e. The van der Waals surface area contributed by atoms with E-state index < -0.39 is 0 Å². The fourth-order valence-corrected chi connectivity index (χ4v) is 3.25. The number of piperidine rings is 1. The van der Waals surface area contributed by atoms with Gasteiger partial charge in [-0.05, 0) is 52.6 Å². The van der Waals surface area contributed by atoms with Crippen molar-refractivity contribution in [2.45, 2.75) is 64.1 Å². The van der Waals surface area contributed by atoms with Crippen LogP contribution in [0.1, 0.15) is 63.3 Å². The molecule has 1 atom stereocenters. The van der Waals surface area contributed by atoms with E-state index in [9.17, 15) is 0 Å². The number of fused-ring (bicyclic) bond motifs is 1. The van der Waals surface area contributed by atoms with E-state index in [2.05, 4.69) is 23.8 Å². The quantitative estimate of drug-likeness (QED) is 0.881. The Morgan fingerprint density at radius 1 is 1.21 bits per heavy atom. The molecule has 2 N–H and O–H groups in total. The topological polar surface area (TPSA) is 60.0 Å². The molecule has 1 saturated heterocycles. The van der Waals surface area contributed by atoms with Crippen LogP contribution in [0.4, 0.5) is 0 Å². The minimum absolute atomic E-state index is 0.0424. The minimum atomic E-state index is 0.0424. The Morgan fingerprint density at radius 2 is 1.95 bits per heavy atom. The first kappa shape index (κ1) is 13.1. The monoisotopic (exact) mass is 263 g/mol. The molecule has 1 unspecified atom stereocenters. The molecule has 1 aromatic heterocycles. The number of aryl methyl sites for hydroxylation is 1. The maximum absolute atomic E-state index is 6.10. The molecule has 0 bridgehead atoms. The molecule has 0 spiro atoms. The average molecular weight is 263 g/mol. The zero-order chi connectivity index (χ0) is 13.4. The fraction of sp³-hybridized carbons (Fsp3) is 0.857. The van der Waals surface area contributed by atoms with Gasteiger partial charge in [-0.25, -0.2) is 9.67 Å². The molecule has 0 aliphatic carbocycles. The Bertz CT molecular complexity index is 431. The molecule has 0 aromatic carbocycles. The number of rotatable bonds is 2. The van der Waals surface area contributed by atoms with Crippen molar-refractivity contribution in [3.8, 4) is 0 Å². The molecule has 2 aliphatic rings. The maximum atomic E-state index is 6.10. The predicted octanol–water partition coefficient (Wildman–Crippen LogP) is 1.66. The number of nitrogens with two attached hydrogens (primary N) is 1. The van der Waals surface area contributed by atoms with E-state index in [4.69, 9.17) is 10.7 Å². The second-order valence-corrected chi connectivity index (χ2v) is 6.19. The van der Waals surface area contributed by atoms with Crippen LogP contribution in [0.3, 0.4) is 0 Å². The van der Waals surface area contributed by atoms with Crippen molar-refractivity contribution < 1.29 is 0 Å². The highest BCUT2D eigenvalue weighted by Crippen LogP contribution is 2.28. The van der Waals surface area contributed by atoms with Crippen LogP contribution < -0.4 is 5.73 Å². The highest BCUT2D eigenvalue weighted by atomic mass is 15.4. The van der Waals surface area contributed by atoms with Gasteiger partial charge in [0.2, 0.25) is 0 Å². The molecule has 0 saturated carbocycles. The van der Waals surface area contributed by atoms with Gasteiger partial charge in [-0.2, -0.15) is 5.10 Å². The lowest BCUT2D eigenvalue weighted by molar-refractivity contribution is 0.169. The van der Waals surface area contributed by atoms with Crippen molar-refractivity contribution in [3.63, 3.8) is 0 Å². The van der Waals surface area contributed by atoms with Crippen LogP contribution in [0.15, 0.2) is 0 Å². The first-order valence-electron chi connectivity index (χ1n) is 7.60. The highest BCUT2D eigenvalue weighted by Gasteiger charge is 2.27. The van der Waals surface area contributed by atoms with E-state index in [-0.39, 0.29) is 6.17 Å². The van der Waals surface area contributed by atoms with Crippen molar-refractivity contribution in [1.82, 2.24) is 19.7 Å². The van der Waals surface area contributed by atoms with E-state index in [1.807, 2.05) is 4.68 Å². The van der Waals surface area contributed by atoms with Crippen molar-refractivity contribution >= 4 is 0 Å². The lowest BCUT2D eigenvalue weighted by Crippen LogP contribution is -2.38. The summed E-state index contributed by atoms with van der Waals surface area (Å²) in [5.74, 6) is 2.66. The van der Waals surface area contributed by atoms with E-state index in [1.165, 1.54) is 12.8 Å². The molecule has 5 nitrogen and oxygen atoms in total. The summed E-state index contributed by atoms with van der Waals surface area (Å²) < 4.78 is 1.97. The molecule has 2 aliphatic heterocycles. The third-order valence-corrected chi connectivity index (χ3v) is 4.56. The Morgan fingerprint density at radius 3 is 2.58 bits per heavy atom. The Hall–Kier alpha value is -0.940. The molecule has 1 fully saturated rings. The zero-order valence-electron chi connectivity index (χ0n) is 12.0. The molecule has 3 rings (SSSR count). The fourth-order valence-electron chi connectivity index (χ4n) is 3.25.